The Morgan fingerprint density at radius 3 is 2.26 bits per heavy atom. The maximum atomic E-state index is 12.2. The molecule has 0 N–H and O–H groups in total. The molecule has 1 aliphatic rings. The molecule has 1 fully saturated rings. The van der Waals surface area contributed by atoms with Gasteiger partial charge in [0.1, 0.15) is 11.6 Å². The average molecular weight is 299 g/mol. The second kappa shape index (κ2) is 7.79. The van der Waals surface area contributed by atoms with E-state index in [1.165, 1.54) is 10.3 Å². The van der Waals surface area contributed by atoms with Crippen molar-refractivity contribution in [1.82, 2.24) is 4.90 Å². The topological polar surface area (TPSA) is 29.5 Å². The maximum absolute atomic E-state index is 12.2. The van der Waals surface area contributed by atoms with Gasteiger partial charge in [-0.25, -0.2) is 0 Å². The van der Waals surface area contributed by atoms with Gasteiger partial charge in [-0.1, -0.05) is 12.2 Å². The summed E-state index contributed by atoms with van der Waals surface area (Å²) >= 11 is 4.53. The first-order valence-electron chi connectivity index (χ1n) is 5.97. The molecule has 1 unspecified atom stereocenters. The predicted molar refractivity (Wildman–Crippen MR) is 71.2 cm³/mol. The lowest BCUT2D eigenvalue weighted by molar-refractivity contribution is -0.173. The van der Waals surface area contributed by atoms with Crippen molar-refractivity contribution in [2.75, 3.05) is 13.1 Å². The molecule has 0 saturated carbocycles. The second-order valence-corrected chi connectivity index (χ2v) is 5.52. The number of carbonyl (C=O) groups is 1. The number of nitrogens with zero attached hydrogens (tertiary/aromatic N) is 1. The molecule has 1 saturated heterocycles. The number of hydrogen-bond donors (Lipinski definition) is 0. The molecule has 0 aliphatic carbocycles. The van der Waals surface area contributed by atoms with Crippen LogP contribution in [0.1, 0.15) is 33.6 Å². The van der Waals surface area contributed by atoms with Crippen molar-refractivity contribution in [3.63, 3.8) is 0 Å². The Kier molecular flexibility index (Phi) is 7.51. The highest BCUT2D eigenvalue weighted by Crippen LogP contribution is 2.31. The SMILES string of the molecule is CC(C)(C)OC=O.FC(F)(F)C1CCCN1CC=S. The summed E-state index contributed by atoms with van der Waals surface area (Å²) in [7, 11) is 0. The molecule has 112 valence electrons. The Hall–Kier alpha value is -0.690. The fourth-order valence-electron chi connectivity index (χ4n) is 1.66. The van der Waals surface area contributed by atoms with Crippen LogP contribution in [0.4, 0.5) is 13.2 Å². The number of alkyl halides is 3. The van der Waals surface area contributed by atoms with Gasteiger partial charge in [0, 0.05) is 6.54 Å². The van der Waals surface area contributed by atoms with Crippen LogP contribution in [0.3, 0.4) is 0 Å². The Bertz CT molecular complexity index is 290. The molecule has 1 rings (SSSR count). The molecule has 0 bridgehead atoms. The van der Waals surface area contributed by atoms with Crippen LogP contribution in [-0.4, -0.2) is 47.6 Å². The van der Waals surface area contributed by atoms with E-state index in [0.29, 0.717) is 19.4 Å². The van der Waals surface area contributed by atoms with Gasteiger partial charge in [-0.15, -0.1) is 0 Å². The lowest BCUT2D eigenvalue weighted by Gasteiger charge is -2.24. The first-order valence-corrected chi connectivity index (χ1v) is 6.45. The maximum Gasteiger partial charge on any atom is 0.404 e. The molecular weight excluding hydrogens is 279 g/mol. The van der Waals surface area contributed by atoms with E-state index in [0.717, 1.165) is 0 Å². The lowest BCUT2D eigenvalue weighted by atomic mass is 10.2. The van der Waals surface area contributed by atoms with Gasteiger partial charge in [-0.3, -0.25) is 9.69 Å². The smallest absolute Gasteiger partial charge is 0.404 e. The number of likely N-dealkylation sites (tertiary alicyclic amines) is 1. The molecule has 0 amide bonds. The van der Waals surface area contributed by atoms with Gasteiger partial charge < -0.3 is 4.74 Å². The van der Waals surface area contributed by atoms with Crippen LogP contribution in [-0.2, 0) is 9.53 Å². The van der Waals surface area contributed by atoms with E-state index in [4.69, 9.17) is 0 Å². The molecule has 7 heteroatoms. The first-order chi connectivity index (χ1) is 8.61. The first kappa shape index (κ1) is 18.3. The van der Waals surface area contributed by atoms with E-state index < -0.39 is 12.2 Å². The number of ether oxygens (including phenoxy) is 1. The van der Waals surface area contributed by atoms with Gasteiger partial charge in [-0.2, -0.15) is 13.2 Å². The normalized spacial score (nSPS) is 20.4. The average Bonchev–Trinajstić information content (AvgIpc) is 2.64. The molecule has 0 aromatic heterocycles. The summed E-state index contributed by atoms with van der Waals surface area (Å²) in [6.07, 6.45) is -3.26. The highest BCUT2D eigenvalue weighted by molar-refractivity contribution is 7.79. The molecule has 1 atom stereocenters. The van der Waals surface area contributed by atoms with Crippen molar-refractivity contribution in [2.24, 2.45) is 0 Å². The van der Waals surface area contributed by atoms with Crippen molar-refractivity contribution in [2.45, 2.75) is 51.4 Å². The van der Waals surface area contributed by atoms with E-state index in [1.807, 2.05) is 20.8 Å². The van der Waals surface area contributed by atoms with E-state index in [9.17, 15) is 18.0 Å². The summed E-state index contributed by atoms with van der Waals surface area (Å²) in [6, 6.07) is -1.27. The third-order valence-corrected chi connectivity index (χ3v) is 2.60. The summed E-state index contributed by atoms with van der Waals surface area (Å²) in [4.78, 5) is 11.0. The quantitative estimate of drug-likeness (QED) is 0.592. The Labute approximate surface area is 117 Å². The number of hydrogen-bond acceptors (Lipinski definition) is 4. The van der Waals surface area contributed by atoms with Crippen LogP contribution in [0.2, 0.25) is 0 Å². The van der Waals surface area contributed by atoms with E-state index in [-0.39, 0.29) is 18.6 Å². The van der Waals surface area contributed by atoms with Gasteiger partial charge in [-0.05, 0) is 45.5 Å². The molecule has 0 spiro atoms. The van der Waals surface area contributed by atoms with Crippen LogP contribution < -0.4 is 0 Å². The summed E-state index contributed by atoms with van der Waals surface area (Å²) < 4.78 is 41.3. The molecule has 19 heavy (non-hydrogen) atoms. The fourth-order valence-corrected chi connectivity index (χ4v) is 1.85. The molecular formula is C12H20F3NO2S. The molecule has 0 radical (unpaired) electrons. The summed E-state index contributed by atoms with van der Waals surface area (Å²) in [5.74, 6) is 0. The minimum absolute atomic E-state index is 0.215. The highest BCUT2D eigenvalue weighted by atomic mass is 32.1. The van der Waals surface area contributed by atoms with Crippen molar-refractivity contribution in [3.8, 4) is 0 Å². The van der Waals surface area contributed by atoms with Crippen LogP contribution >= 0.6 is 12.2 Å². The molecule has 0 aromatic rings. The zero-order valence-electron chi connectivity index (χ0n) is 11.4. The predicted octanol–water partition coefficient (Wildman–Crippen LogP) is 2.97. The summed E-state index contributed by atoms with van der Waals surface area (Å²) in [5.41, 5.74) is -0.318. The Balaban J connectivity index is 0.000000399. The van der Waals surface area contributed by atoms with E-state index in [2.05, 4.69) is 17.0 Å². The van der Waals surface area contributed by atoms with Gasteiger partial charge in [0.25, 0.3) is 6.47 Å². The molecule has 0 aromatic carbocycles. The third-order valence-electron chi connectivity index (χ3n) is 2.45. The van der Waals surface area contributed by atoms with Gasteiger partial charge >= 0.3 is 6.18 Å². The largest absolute Gasteiger partial charge is 0.462 e. The van der Waals surface area contributed by atoms with Gasteiger partial charge in [0.15, 0.2) is 0 Å². The van der Waals surface area contributed by atoms with Crippen molar-refractivity contribution in [3.05, 3.63) is 0 Å². The summed E-state index contributed by atoms with van der Waals surface area (Å²) in [5, 5.41) is 1.35. The standard InChI is InChI=1S/C7H10F3NS.C5H10O2/c8-7(9,10)6-2-1-3-11(6)4-5-12;1-5(2,3)7-4-6/h5-6H,1-4H2;4H,1-3H3. The molecule has 1 heterocycles. The number of carbonyl (C=O) groups excluding carboxylic acids is 1. The molecule has 3 nitrogen and oxygen atoms in total. The Morgan fingerprint density at radius 2 is 1.95 bits per heavy atom. The van der Waals surface area contributed by atoms with Crippen LogP contribution in [0, 0.1) is 0 Å². The van der Waals surface area contributed by atoms with Crippen LogP contribution in [0.25, 0.3) is 0 Å². The highest BCUT2D eigenvalue weighted by Gasteiger charge is 2.45. The van der Waals surface area contributed by atoms with Crippen molar-refractivity contribution >= 4 is 24.1 Å². The van der Waals surface area contributed by atoms with E-state index >= 15 is 0 Å². The van der Waals surface area contributed by atoms with Crippen molar-refractivity contribution < 1.29 is 22.7 Å². The zero-order valence-corrected chi connectivity index (χ0v) is 12.2. The van der Waals surface area contributed by atoms with Gasteiger partial charge in [0.2, 0.25) is 0 Å². The molecule has 1 aliphatic heterocycles. The lowest BCUT2D eigenvalue weighted by Crippen LogP contribution is -2.41. The number of thiocarbonyl (C=S) groups is 1. The minimum atomic E-state index is -4.09. The minimum Gasteiger partial charge on any atom is -0.462 e. The summed E-state index contributed by atoms with van der Waals surface area (Å²) in [6.45, 7) is 6.70. The third kappa shape index (κ3) is 8.15. The monoisotopic (exact) mass is 299 g/mol. The Morgan fingerprint density at radius 1 is 1.37 bits per heavy atom. The van der Waals surface area contributed by atoms with Crippen molar-refractivity contribution in [1.29, 1.82) is 0 Å². The van der Waals surface area contributed by atoms with Crippen LogP contribution in [0.5, 0.6) is 0 Å². The number of rotatable bonds is 3. The van der Waals surface area contributed by atoms with Gasteiger partial charge in [0.05, 0.1) is 0 Å². The number of halogens is 3. The van der Waals surface area contributed by atoms with Crippen LogP contribution in [0.15, 0.2) is 0 Å². The zero-order chi connectivity index (χ0) is 15.1. The van der Waals surface area contributed by atoms with E-state index in [1.54, 1.807) is 0 Å². The second-order valence-electron chi connectivity index (χ2n) is 5.19. The fraction of sp³-hybridized carbons (Fsp3) is 0.833.